The molecule has 0 unspecified atom stereocenters. The Kier molecular flexibility index (Phi) is 7.49. The fraction of sp³-hybridized carbons (Fsp3) is 0.182. The predicted octanol–water partition coefficient (Wildman–Crippen LogP) is 3.65. The van der Waals surface area contributed by atoms with Crippen molar-refractivity contribution in [3.63, 3.8) is 0 Å². The molecule has 2 aromatic carbocycles. The van der Waals surface area contributed by atoms with Gasteiger partial charge >= 0.3 is 0 Å². The first-order chi connectivity index (χ1) is 14.9. The summed E-state index contributed by atoms with van der Waals surface area (Å²) < 4.78 is 33.6. The van der Waals surface area contributed by atoms with Crippen molar-refractivity contribution in [1.82, 2.24) is 10.3 Å². The van der Waals surface area contributed by atoms with Gasteiger partial charge in [0.2, 0.25) is 5.91 Å². The summed E-state index contributed by atoms with van der Waals surface area (Å²) in [5.41, 5.74) is 1.13. The van der Waals surface area contributed by atoms with E-state index in [0.29, 0.717) is 17.4 Å². The van der Waals surface area contributed by atoms with E-state index in [4.69, 9.17) is 16.3 Å². The molecule has 1 amide bonds. The lowest BCUT2D eigenvalue weighted by Gasteiger charge is -2.26. The number of anilines is 1. The Bertz CT molecular complexity index is 1120. The molecule has 3 rings (SSSR count). The van der Waals surface area contributed by atoms with Crippen LogP contribution in [0.2, 0.25) is 5.02 Å². The second-order valence-corrected chi connectivity index (χ2v) is 8.80. The summed E-state index contributed by atoms with van der Waals surface area (Å²) >= 11 is 5.91. The number of amides is 1. The summed E-state index contributed by atoms with van der Waals surface area (Å²) in [6.07, 6.45) is 3.24. The van der Waals surface area contributed by atoms with Crippen LogP contribution in [0.3, 0.4) is 0 Å². The first-order valence-corrected chi connectivity index (χ1v) is 11.4. The molecule has 0 aliphatic carbocycles. The number of nitrogens with zero attached hydrogens (tertiary/aromatic N) is 2. The maximum absolute atomic E-state index is 13.4. The van der Waals surface area contributed by atoms with Crippen molar-refractivity contribution in [3.8, 4) is 5.75 Å². The second kappa shape index (κ2) is 10.3. The average molecular weight is 460 g/mol. The normalized spacial score (nSPS) is 11.0. The molecule has 9 heteroatoms. The number of pyridine rings is 1. The molecule has 0 fully saturated rings. The lowest BCUT2D eigenvalue weighted by molar-refractivity contribution is -0.119. The van der Waals surface area contributed by atoms with Gasteiger partial charge in [-0.05, 0) is 61.0 Å². The molecule has 31 heavy (non-hydrogen) atoms. The Morgan fingerprint density at radius 3 is 2.42 bits per heavy atom. The topological polar surface area (TPSA) is 88.6 Å². The van der Waals surface area contributed by atoms with Gasteiger partial charge in [0.1, 0.15) is 12.3 Å². The zero-order valence-corrected chi connectivity index (χ0v) is 18.4. The zero-order valence-electron chi connectivity index (χ0n) is 16.9. The number of carbonyl (C=O) groups excluding carboxylic acids is 1. The van der Waals surface area contributed by atoms with Crippen LogP contribution in [0, 0.1) is 0 Å². The van der Waals surface area contributed by atoms with E-state index in [2.05, 4.69) is 10.3 Å². The predicted molar refractivity (Wildman–Crippen MR) is 120 cm³/mol. The van der Waals surface area contributed by atoms with Gasteiger partial charge in [0.25, 0.3) is 10.0 Å². The Labute approximate surface area is 186 Å². The van der Waals surface area contributed by atoms with Gasteiger partial charge in [0, 0.05) is 24.0 Å². The molecule has 0 bridgehead atoms. The van der Waals surface area contributed by atoms with E-state index < -0.39 is 22.5 Å². The third-order valence-corrected chi connectivity index (χ3v) is 6.39. The minimum Gasteiger partial charge on any atom is -0.492 e. The molecular weight excluding hydrogens is 438 g/mol. The van der Waals surface area contributed by atoms with Crippen LogP contribution in [-0.2, 0) is 21.4 Å². The molecule has 0 radical (unpaired) electrons. The lowest BCUT2D eigenvalue weighted by Crippen LogP contribution is -2.40. The number of hydrogen-bond donors (Lipinski definition) is 1. The van der Waals surface area contributed by atoms with E-state index in [1.54, 1.807) is 55.7 Å². The number of ether oxygens (including phenoxy) is 1. The van der Waals surface area contributed by atoms with Crippen LogP contribution in [0.5, 0.6) is 5.75 Å². The molecule has 3 aromatic rings. The standard InChI is InChI=1S/C22H22ClN3O4S/c1-2-30-21-6-4-3-5-20(21)26(31(28,29)19-9-7-18(23)8-10-19)16-22(27)25-15-17-11-13-24-14-12-17/h3-14H,2,15-16H2,1H3,(H,25,27). The molecule has 0 aliphatic heterocycles. The number of benzene rings is 2. The molecule has 1 aromatic heterocycles. The van der Waals surface area contributed by atoms with E-state index in [0.717, 1.165) is 9.87 Å². The molecular formula is C22H22ClN3O4S. The first-order valence-electron chi connectivity index (χ1n) is 9.57. The summed E-state index contributed by atoms with van der Waals surface area (Å²) in [7, 11) is -4.07. The zero-order chi connectivity index (χ0) is 22.3. The van der Waals surface area contributed by atoms with Crippen LogP contribution >= 0.6 is 11.6 Å². The quantitative estimate of drug-likeness (QED) is 0.527. The summed E-state index contributed by atoms with van der Waals surface area (Å²) in [5, 5.41) is 3.16. The van der Waals surface area contributed by atoms with Crippen molar-refractivity contribution in [2.45, 2.75) is 18.4 Å². The SMILES string of the molecule is CCOc1ccccc1N(CC(=O)NCc1ccncc1)S(=O)(=O)c1ccc(Cl)cc1. The van der Waals surface area contributed by atoms with E-state index in [-0.39, 0.29) is 17.1 Å². The fourth-order valence-electron chi connectivity index (χ4n) is 2.86. The van der Waals surface area contributed by atoms with Gasteiger partial charge in [-0.15, -0.1) is 0 Å². The van der Waals surface area contributed by atoms with Crippen molar-refractivity contribution in [3.05, 3.63) is 83.6 Å². The number of aromatic nitrogens is 1. The van der Waals surface area contributed by atoms with Crippen molar-refractivity contribution in [2.75, 3.05) is 17.5 Å². The lowest BCUT2D eigenvalue weighted by atomic mass is 10.2. The Hall–Kier alpha value is -3.10. The summed E-state index contributed by atoms with van der Waals surface area (Å²) in [6, 6.07) is 16.0. The number of hydrogen-bond acceptors (Lipinski definition) is 5. The molecule has 0 spiro atoms. The maximum atomic E-state index is 13.4. The molecule has 162 valence electrons. The minimum atomic E-state index is -4.07. The molecule has 0 saturated carbocycles. The van der Waals surface area contributed by atoms with E-state index >= 15 is 0 Å². The van der Waals surface area contributed by atoms with Gasteiger partial charge < -0.3 is 10.1 Å². The van der Waals surface area contributed by atoms with Gasteiger partial charge in [-0.2, -0.15) is 0 Å². The average Bonchev–Trinajstić information content (AvgIpc) is 2.78. The molecule has 0 saturated heterocycles. The van der Waals surface area contributed by atoms with Crippen LogP contribution in [0.25, 0.3) is 0 Å². The molecule has 1 heterocycles. The highest BCUT2D eigenvalue weighted by atomic mass is 35.5. The summed E-state index contributed by atoms with van der Waals surface area (Å²) in [6.45, 7) is 1.99. The van der Waals surface area contributed by atoms with E-state index in [1.165, 1.54) is 24.3 Å². The van der Waals surface area contributed by atoms with Crippen LogP contribution in [0.1, 0.15) is 12.5 Å². The number of para-hydroxylation sites is 2. The monoisotopic (exact) mass is 459 g/mol. The highest BCUT2D eigenvalue weighted by Gasteiger charge is 2.29. The second-order valence-electron chi connectivity index (χ2n) is 6.50. The molecule has 7 nitrogen and oxygen atoms in total. The smallest absolute Gasteiger partial charge is 0.264 e. The Morgan fingerprint density at radius 2 is 1.74 bits per heavy atom. The highest BCUT2D eigenvalue weighted by Crippen LogP contribution is 2.32. The number of carbonyl (C=O) groups is 1. The third kappa shape index (κ3) is 5.74. The fourth-order valence-corrected chi connectivity index (χ4v) is 4.42. The van der Waals surface area contributed by atoms with Gasteiger partial charge in [-0.1, -0.05) is 23.7 Å². The van der Waals surface area contributed by atoms with Crippen molar-refractivity contribution >= 4 is 33.2 Å². The molecule has 1 N–H and O–H groups in total. The van der Waals surface area contributed by atoms with Crippen LogP contribution in [0.15, 0.2) is 78.0 Å². The number of halogens is 1. The Morgan fingerprint density at radius 1 is 1.06 bits per heavy atom. The van der Waals surface area contributed by atoms with E-state index in [1.807, 2.05) is 0 Å². The van der Waals surface area contributed by atoms with Gasteiger partial charge in [-0.3, -0.25) is 14.1 Å². The van der Waals surface area contributed by atoms with E-state index in [9.17, 15) is 13.2 Å². The van der Waals surface area contributed by atoms with Gasteiger partial charge in [0.05, 0.1) is 17.2 Å². The first kappa shape index (κ1) is 22.6. The largest absolute Gasteiger partial charge is 0.492 e. The van der Waals surface area contributed by atoms with Crippen LogP contribution < -0.4 is 14.4 Å². The Balaban J connectivity index is 1.93. The number of sulfonamides is 1. The third-order valence-electron chi connectivity index (χ3n) is 4.36. The summed E-state index contributed by atoms with van der Waals surface area (Å²) in [5.74, 6) is -0.0925. The minimum absolute atomic E-state index is 0.0186. The van der Waals surface area contributed by atoms with Crippen molar-refractivity contribution < 1.29 is 17.9 Å². The molecule has 0 aliphatic rings. The van der Waals surface area contributed by atoms with Crippen molar-refractivity contribution in [2.24, 2.45) is 0 Å². The number of rotatable bonds is 9. The van der Waals surface area contributed by atoms with Gasteiger partial charge in [0.15, 0.2) is 0 Å². The van der Waals surface area contributed by atoms with Crippen molar-refractivity contribution in [1.29, 1.82) is 0 Å². The maximum Gasteiger partial charge on any atom is 0.264 e. The van der Waals surface area contributed by atoms with Gasteiger partial charge in [-0.25, -0.2) is 8.42 Å². The van der Waals surface area contributed by atoms with Crippen LogP contribution in [-0.4, -0.2) is 32.5 Å². The summed E-state index contributed by atoms with van der Waals surface area (Å²) in [4.78, 5) is 16.7. The number of nitrogens with one attached hydrogen (secondary N) is 1. The highest BCUT2D eigenvalue weighted by molar-refractivity contribution is 7.92. The molecule has 0 atom stereocenters. The van der Waals surface area contributed by atoms with Crippen LogP contribution in [0.4, 0.5) is 5.69 Å².